The molecule has 0 saturated heterocycles. The van der Waals surface area contributed by atoms with Gasteiger partial charge in [-0.1, -0.05) is 19.1 Å². The van der Waals surface area contributed by atoms with Gasteiger partial charge in [0.25, 0.3) is 0 Å². The Morgan fingerprint density at radius 3 is 2.81 bits per heavy atom. The summed E-state index contributed by atoms with van der Waals surface area (Å²) in [6.07, 6.45) is 3.29. The molecule has 0 bridgehead atoms. The van der Waals surface area contributed by atoms with Crippen molar-refractivity contribution in [2.45, 2.75) is 30.7 Å². The van der Waals surface area contributed by atoms with Crippen molar-refractivity contribution in [2.24, 2.45) is 0 Å². The molecule has 2 aromatic heterocycles. The first-order chi connectivity index (χ1) is 12.7. The first kappa shape index (κ1) is 18.5. The molecule has 1 unspecified atom stereocenters. The predicted molar refractivity (Wildman–Crippen MR) is 102 cm³/mol. The first-order valence-electron chi connectivity index (χ1n) is 8.64. The van der Waals surface area contributed by atoms with Crippen molar-refractivity contribution in [3.63, 3.8) is 0 Å². The van der Waals surface area contributed by atoms with Crippen molar-refractivity contribution in [1.82, 2.24) is 15.0 Å². The van der Waals surface area contributed by atoms with Crippen LogP contribution in [0.4, 0.5) is 0 Å². The van der Waals surface area contributed by atoms with Crippen LogP contribution in [0.25, 0.3) is 11.0 Å². The second kappa shape index (κ2) is 8.91. The molecule has 0 saturated carbocycles. The van der Waals surface area contributed by atoms with Gasteiger partial charge in [-0.25, -0.2) is 4.98 Å². The molecule has 0 aliphatic carbocycles. The van der Waals surface area contributed by atoms with E-state index in [9.17, 15) is 4.21 Å². The van der Waals surface area contributed by atoms with Crippen LogP contribution in [-0.4, -0.2) is 39.5 Å². The Labute approximate surface area is 155 Å². The lowest BCUT2D eigenvalue weighted by molar-refractivity contribution is 0.171. The van der Waals surface area contributed by atoms with E-state index >= 15 is 0 Å². The number of para-hydroxylation sites is 2. The molecule has 7 heteroatoms. The molecule has 1 aromatic carbocycles. The van der Waals surface area contributed by atoms with E-state index < -0.39 is 10.8 Å². The van der Waals surface area contributed by atoms with Gasteiger partial charge in [0.2, 0.25) is 0 Å². The van der Waals surface area contributed by atoms with Crippen molar-refractivity contribution >= 4 is 21.8 Å². The maximum atomic E-state index is 12.8. The zero-order valence-corrected chi connectivity index (χ0v) is 15.8. The fourth-order valence-corrected chi connectivity index (χ4v) is 3.83. The number of methoxy groups -OCH3 is 1. The average Bonchev–Trinajstić information content (AvgIpc) is 3.10. The number of H-pyrrole nitrogens is 1. The summed E-state index contributed by atoms with van der Waals surface area (Å²) in [6.45, 7) is 3.29. The lowest BCUT2D eigenvalue weighted by Gasteiger charge is -2.13. The summed E-state index contributed by atoms with van der Waals surface area (Å²) >= 11 is 0. The van der Waals surface area contributed by atoms with Crippen molar-refractivity contribution in [3.05, 3.63) is 47.8 Å². The van der Waals surface area contributed by atoms with E-state index in [2.05, 4.69) is 15.0 Å². The molecule has 0 radical (unpaired) electrons. The quantitative estimate of drug-likeness (QED) is 0.583. The Morgan fingerprint density at radius 2 is 2.04 bits per heavy atom. The maximum absolute atomic E-state index is 12.8. The van der Waals surface area contributed by atoms with Crippen LogP contribution in [0.3, 0.4) is 0 Å². The topological polar surface area (TPSA) is 77.1 Å². The third kappa shape index (κ3) is 4.28. The molecule has 2 heterocycles. The average molecular weight is 373 g/mol. The highest BCUT2D eigenvalue weighted by Crippen LogP contribution is 2.24. The summed E-state index contributed by atoms with van der Waals surface area (Å²) < 4.78 is 23.7. The Hall–Kier alpha value is -2.25. The van der Waals surface area contributed by atoms with Gasteiger partial charge in [-0.15, -0.1) is 0 Å². The van der Waals surface area contributed by atoms with E-state index in [0.29, 0.717) is 24.1 Å². The Morgan fingerprint density at radius 1 is 1.19 bits per heavy atom. The molecule has 0 spiro atoms. The summed E-state index contributed by atoms with van der Waals surface area (Å²) in [6, 6.07) is 9.52. The maximum Gasteiger partial charge on any atom is 0.197 e. The summed E-state index contributed by atoms with van der Waals surface area (Å²) in [5, 5.41) is 0.474. The number of hydrogen-bond acceptors (Lipinski definition) is 5. The zero-order chi connectivity index (χ0) is 18.4. The highest BCUT2D eigenvalue weighted by Gasteiger charge is 2.16. The van der Waals surface area contributed by atoms with Gasteiger partial charge >= 0.3 is 0 Å². The van der Waals surface area contributed by atoms with Crippen LogP contribution in [0.1, 0.15) is 24.6 Å². The van der Waals surface area contributed by atoms with Gasteiger partial charge < -0.3 is 14.5 Å². The molecule has 0 amide bonds. The number of fused-ring (bicyclic) bond motifs is 1. The van der Waals surface area contributed by atoms with Crippen LogP contribution in [-0.2, 0) is 27.7 Å². The number of ether oxygens (including phenoxy) is 2. The van der Waals surface area contributed by atoms with Crippen molar-refractivity contribution in [2.75, 3.05) is 20.3 Å². The Kier molecular flexibility index (Phi) is 6.35. The van der Waals surface area contributed by atoms with E-state index in [1.807, 2.05) is 37.3 Å². The monoisotopic (exact) mass is 373 g/mol. The number of rotatable bonds is 9. The van der Waals surface area contributed by atoms with E-state index in [4.69, 9.17) is 9.47 Å². The van der Waals surface area contributed by atoms with Crippen molar-refractivity contribution in [1.29, 1.82) is 0 Å². The SMILES string of the molecule is CCc1c(OCCCOC)ccnc1CS(=O)c1nc2ccccc2[nH]1. The highest BCUT2D eigenvalue weighted by molar-refractivity contribution is 7.84. The zero-order valence-electron chi connectivity index (χ0n) is 15.0. The minimum Gasteiger partial charge on any atom is -0.493 e. The molecular formula is C19H23N3O3S. The number of aromatic nitrogens is 3. The largest absolute Gasteiger partial charge is 0.493 e. The number of nitrogens with one attached hydrogen (secondary N) is 1. The Balaban J connectivity index is 1.76. The fraction of sp³-hybridized carbons (Fsp3) is 0.368. The first-order valence-corrected chi connectivity index (χ1v) is 9.96. The smallest absolute Gasteiger partial charge is 0.197 e. The summed E-state index contributed by atoms with van der Waals surface area (Å²) in [7, 11) is 0.375. The number of nitrogens with zero attached hydrogens (tertiary/aromatic N) is 2. The van der Waals surface area contributed by atoms with E-state index in [1.165, 1.54) is 0 Å². The van der Waals surface area contributed by atoms with Crippen LogP contribution < -0.4 is 4.74 Å². The molecule has 138 valence electrons. The second-order valence-electron chi connectivity index (χ2n) is 5.83. The molecule has 26 heavy (non-hydrogen) atoms. The molecule has 1 atom stereocenters. The standard InChI is InChI=1S/C19H23N3O3S/c1-3-14-17(20-10-9-18(14)25-12-6-11-24-2)13-26(23)19-21-15-7-4-5-8-16(15)22-19/h4-5,7-10H,3,6,11-13H2,1-2H3,(H,21,22). The molecule has 1 N–H and O–H groups in total. The number of benzene rings is 1. The summed E-state index contributed by atoms with van der Waals surface area (Å²) in [5.74, 6) is 1.10. The second-order valence-corrected chi connectivity index (χ2v) is 7.20. The summed E-state index contributed by atoms with van der Waals surface area (Å²) in [5.41, 5.74) is 3.48. The van der Waals surface area contributed by atoms with Crippen LogP contribution in [0, 0.1) is 0 Å². The third-order valence-electron chi connectivity index (χ3n) is 4.06. The van der Waals surface area contributed by atoms with E-state index in [1.54, 1.807) is 13.3 Å². The third-order valence-corrected chi connectivity index (χ3v) is 5.22. The van der Waals surface area contributed by atoms with Crippen LogP contribution in [0.2, 0.25) is 0 Å². The van der Waals surface area contributed by atoms with Crippen LogP contribution >= 0.6 is 0 Å². The van der Waals surface area contributed by atoms with E-state index in [0.717, 1.165) is 40.9 Å². The van der Waals surface area contributed by atoms with Crippen LogP contribution in [0.15, 0.2) is 41.7 Å². The fourth-order valence-electron chi connectivity index (χ4n) is 2.77. The molecule has 3 rings (SSSR count). The number of aromatic amines is 1. The summed E-state index contributed by atoms with van der Waals surface area (Å²) in [4.78, 5) is 12.0. The van der Waals surface area contributed by atoms with Gasteiger partial charge in [-0.2, -0.15) is 0 Å². The van der Waals surface area contributed by atoms with Gasteiger partial charge in [-0.3, -0.25) is 9.19 Å². The molecular weight excluding hydrogens is 350 g/mol. The molecule has 3 aromatic rings. The molecule has 0 aliphatic rings. The molecule has 6 nitrogen and oxygen atoms in total. The van der Waals surface area contributed by atoms with Gasteiger partial charge in [-0.05, 0) is 24.6 Å². The highest BCUT2D eigenvalue weighted by atomic mass is 32.2. The van der Waals surface area contributed by atoms with Crippen molar-refractivity contribution < 1.29 is 13.7 Å². The van der Waals surface area contributed by atoms with Gasteiger partial charge in [0.1, 0.15) is 5.75 Å². The number of imidazole rings is 1. The van der Waals surface area contributed by atoms with Gasteiger partial charge in [0.05, 0.1) is 39.9 Å². The van der Waals surface area contributed by atoms with Gasteiger partial charge in [0, 0.05) is 31.9 Å². The lowest BCUT2D eigenvalue weighted by atomic mass is 10.1. The normalized spacial score (nSPS) is 12.4. The van der Waals surface area contributed by atoms with Crippen molar-refractivity contribution in [3.8, 4) is 5.75 Å². The molecule has 0 aliphatic heterocycles. The van der Waals surface area contributed by atoms with E-state index in [-0.39, 0.29) is 0 Å². The predicted octanol–water partition coefficient (Wildman–Crippen LogP) is 3.24. The van der Waals surface area contributed by atoms with Gasteiger partial charge in [0.15, 0.2) is 5.16 Å². The Bertz CT molecular complexity index is 862. The van der Waals surface area contributed by atoms with Crippen LogP contribution in [0.5, 0.6) is 5.75 Å². The number of pyridine rings is 1. The lowest BCUT2D eigenvalue weighted by Crippen LogP contribution is -2.08. The minimum absolute atomic E-state index is 0.304. The number of hydrogen-bond donors (Lipinski definition) is 1. The molecule has 0 fully saturated rings. The minimum atomic E-state index is -1.30.